The molecule has 0 aliphatic carbocycles. The van der Waals surface area contributed by atoms with Gasteiger partial charge in [0, 0.05) is 5.34 Å². The van der Waals surface area contributed by atoms with Crippen molar-refractivity contribution in [2.24, 2.45) is 0 Å². The Morgan fingerprint density at radius 1 is 1.33 bits per heavy atom. The molecule has 0 fully saturated rings. The van der Waals surface area contributed by atoms with Gasteiger partial charge < -0.3 is 0 Å². The molecule has 0 unspecified atom stereocenters. The summed E-state index contributed by atoms with van der Waals surface area (Å²) in [6.45, 7) is 0.303. The zero-order chi connectivity index (χ0) is 9.23. The van der Waals surface area contributed by atoms with Crippen LogP contribution in [-0.2, 0) is 14.7 Å². The molecule has 0 saturated heterocycles. The third kappa shape index (κ3) is 7.74. The maximum absolute atomic E-state index is 8.39. The summed E-state index contributed by atoms with van der Waals surface area (Å²) >= 11 is 0. The van der Waals surface area contributed by atoms with E-state index in [1.807, 2.05) is 0 Å². The number of hydrogen-bond donors (Lipinski definition) is 5. The van der Waals surface area contributed by atoms with Crippen LogP contribution in [0.1, 0.15) is 6.42 Å². The van der Waals surface area contributed by atoms with Crippen molar-refractivity contribution in [3.8, 4) is 0 Å². The topological polar surface area (TPSA) is 116 Å². The van der Waals surface area contributed by atoms with Crippen molar-refractivity contribution >= 4 is 0 Å². The van der Waals surface area contributed by atoms with Crippen LogP contribution in [-0.4, -0.2) is 34.2 Å². The van der Waals surface area contributed by atoms with Crippen LogP contribution in [0, 0.1) is 0 Å². The van der Waals surface area contributed by atoms with Crippen molar-refractivity contribution in [3.05, 3.63) is 0 Å². The molecule has 5 N–H and O–H groups in total. The molecule has 0 heterocycles. The van der Waals surface area contributed by atoms with Gasteiger partial charge in [-0.2, -0.15) is 0 Å². The minimum atomic E-state index is 0.0377. The van der Waals surface area contributed by atoms with Gasteiger partial charge in [-0.05, 0) is 12.1 Å². The largest absolute Gasteiger partial charge is 0.298 e. The molecule has 12 heavy (non-hydrogen) atoms. The highest BCUT2D eigenvalue weighted by atomic mass is 17.2. The smallest absolute Gasteiger partial charge is 0.0750 e. The maximum atomic E-state index is 8.39. The van der Waals surface area contributed by atoms with Crippen LogP contribution in [0.15, 0.2) is 0 Å². The van der Waals surface area contributed by atoms with Gasteiger partial charge >= 0.3 is 0 Å². The first kappa shape index (κ1) is 11.6. The van der Waals surface area contributed by atoms with Crippen LogP contribution < -0.4 is 11.2 Å². The predicted octanol–water partition coefficient (Wildman–Crippen LogP) is -1.18. The highest BCUT2D eigenvalue weighted by Crippen LogP contribution is 1.84. The number of hydrazine groups is 1. The molecule has 0 bridgehead atoms. The van der Waals surface area contributed by atoms with Gasteiger partial charge in [-0.3, -0.25) is 20.1 Å². The van der Waals surface area contributed by atoms with Gasteiger partial charge in [0.15, 0.2) is 0 Å². The average Bonchev–Trinajstić information content (AvgIpc) is 2.10. The van der Waals surface area contributed by atoms with Crippen LogP contribution in [0.4, 0.5) is 0 Å². The van der Waals surface area contributed by atoms with Crippen molar-refractivity contribution in [2.45, 2.75) is 6.42 Å². The van der Waals surface area contributed by atoms with Gasteiger partial charge in [-0.15, -0.1) is 4.99 Å². The van der Waals surface area contributed by atoms with Crippen LogP contribution >= 0.6 is 0 Å². The lowest BCUT2D eigenvalue weighted by Crippen LogP contribution is -2.32. The third-order valence-corrected chi connectivity index (χ3v) is 0.786. The Kier molecular flexibility index (Phi) is 8.47. The molecule has 0 amide bonds. The molecule has 74 valence electrons. The zero-order valence-corrected chi connectivity index (χ0v) is 6.13. The summed E-state index contributed by atoms with van der Waals surface area (Å²) in [5.41, 5.74) is 3.02. The predicted molar refractivity (Wildman–Crippen MR) is 31.9 cm³/mol. The number of rotatable bonds is 8. The fraction of sp³-hybridized carbons (Fsp3) is 1.00. The lowest BCUT2D eigenvalue weighted by atomic mass is 10.5. The second kappa shape index (κ2) is 8.73. The van der Waals surface area contributed by atoms with Gasteiger partial charge in [0.25, 0.3) is 0 Å². The van der Waals surface area contributed by atoms with Crippen molar-refractivity contribution in [1.82, 2.24) is 16.6 Å². The van der Waals surface area contributed by atoms with E-state index < -0.39 is 0 Å². The molecule has 0 aliphatic heterocycles. The first-order valence-corrected chi connectivity index (χ1v) is 3.00. The van der Waals surface area contributed by atoms with Crippen molar-refractivity contribution < 1.29 is 30.3 Å². The van der Waals surface area contributed by atoms with E-state index in [1.54, 1.807) is 5.64 Å². The summed E-state index contributed by atoms with van der Waals surface area (Å²) in [4.78, 5) is 12.2. The SMILES string of the molecule is ONN(O)OCCCONOO. The quantitative estimate of drug-likeness (QED) is 0.181. The molecule has 0 rings (SSSR count). The molecule has 0 aromatic carbocycles. The average molecular weight is 185 g/mol. The Labute approximate surface area is 67.7 Å². The third-order valence-electron chi connectivity index (χ3n) is 0.786. The minimum Gasteiger partial charge on any atom is -0.298 e. The van der Waals surface area contributed by atoms with Gasteiger partial charge in [-0.25, -0.2) is 5.26 Å². The number of nitrogens with one attached hydrogen (secondary N) is 2. The minimum absolute atomic E-state index is 0.0377. The fourth-order valence-corrected chi connectivity index (χ4v) is 0.379. The lowest BCUT2D eigenvalue weighted by molar-refractivity contribution is -0.413. The molecule has 0 atom stereocenters. The molecule has 0 saturated carbocycles. The van der Waals surface area contributed by atoms with Gasteiger partial charge in [0.05, 0.1) is 13.2 Å². The number of nitrogens with zero attached hydrogens (tertiary/aromatic N) is 1. The summed E-state index contributed by atoms with van der Waals surface area (Å²) in [7, 11) is 0. The molecule has 0 aromatic heterocycles. The summed E-state index contributed by atoms with van der Waals surface area (Å²) < 4.78 is 0. The van der Waals surface area contributed by atoms with Crippen LogP contribution in [0.2, 0.25) is 0 Å². The van der Waals surface area contributed by atoms with Crippen molar-refractivity contribution in [1.29, 1.82) is 0 Å². The van der Waals surface area contributed by atoms with Crippen molar-refractivity contribution in [3.63, 3.8) is 0 Å². The summed E-state index contributed by atoms with van der Waals surface area (Å²) in [6, 6.07) is 0. The summed E-state index contributed by atoms with van der Waals surface area (Å²) in [6.07, 6.45) is 0.412. The fourth-order valence-electron chi connectivity index (χ4n) is 0.379. The van der Waals surface area contributed by atoms with Crippen LogP contribution in [0.25, 0.3) is 0 Å². The molecular weight excluding hydrogens is 174 g/mol. The maximum Gasteiger partial charge on any atom is 0.0750 e. The van der Waals surface area contributed by atoms with Gasteiger partial charge in [0.1, 0.15) is 0 Å². The lowest BCUT2D eigenvalue weighted by Gasteiger charge is -2.10. The summed E-state index contributed by atoms with van der Waals surface area (Å²) in [5, 5.41) is 24.1. The van der Waals surface area contributed by atoms with E-state index in [0.717, 1.165) is 0 Å². The highest BCUT2D eigenvalue weighted by Gasteiger charge is 1.96. The zero-order valence-electron chi connectivity index (χ0n) is 6.13. The van der Waals surface area contributed by atoms with Gasteiger partial charge in [0.2, 0.25) is 0 Å². The van der Waals surface area contributed by atoms with E-state index in [1.165, 1.54) is 5.59 Å². The first-order valence-electron chi connectivity index (χ1n) is 3.00. The molecule has 0 aromatic rings. The standard InChI is InChI=1S/C3H11N3O6/c7-4-6(8)11-3-1-2-10-5-12-9/h4-5,7-9H,1-3H2. The second-order valence-electron chi connectivity index (χ2n) is 1.58. The van der Waals surface area contributed by atoms with E-state index in [-0.39, 0.29) is 18.5 Å². The molecule has 0 aliphatic rings. The van der Waals surface area contributed by atoms with E-state index in [4.69, 9.17) is 15.7 Å². The second-order valence-corrected chi connectivity index (χ2v) is 1.58. The van der Waals surface area contributed by atoms with Crippen molar-refractivity contribution in [2.75, 3.05) is 13.2 Å². The molecule has 9 nitrogen and oxygen atoms in total. The Balaban J connectivity index is 2.90. The monoisotopic (exact) mass is 185 g/mol. The van der Waals surface area contributed by atoms with Crippen LogP contribution in [0.3, 0.4) is 0 Å². The normalized spacial score (nSPS) is 11.0. The van der Waals surface area contributed by atoms with Gasteiger partial charge in [-0.1, -0.05) is 5.59 Å². The Morgan fingerprint density at radius 3 is 2.67 bits per heavy atom. The molecule has 9 heteroatoms. The Hall–Kier alpha value is -0.360. The highest BCUT2D eigenvalue weighted by molar-refractivity contribution is 4.27. The van der Waals surface area contributed by atoms with E-state index >= 15 is 0 Å². The molecule has 0 radical (unpaired) electrons. The summed E-state index contributed by atoms with van der Waals surface area (Å²) in [5.74, 6) is 0. The van der Waals surface area contributed by atoms with E-state index in [0.29, 0.717) is 6.42 Å². The van der Waals surface area contributed by atoms with E-state index in [9.17, 15) is 0 Å². The Morgan fingerprint density at radius 2 is 2.08 bits per heavy atom. The van der Waals surface area contributed by atoms with Crippen LogP contribution in [0.5, 0.6) is 0 Å². The molecule has 0 spiro atoms. The van der Waals surface area contributed by atoms with E-state index in [2.05, 4.69) is 14.7 Å². The first-order chi connectivity index (χ1) is 5.81. The number of hydrogen-bond acceptors (Lipinski definition) is 9. The Bertz CT molecular complexity index is 94.1. The molecular formula is C3H11N3O6.